The van der Waals surface area contributed by atoms with Gasteiger partial charge in [0.2, 0.25) is 0 Å². The molecule has 1 aromatic rings. The third kappa shape index (κ3) is 4.80. The Morgan fingerprint density at radius 3 is 2.83 bits per heavy atom. The van der Waals surface area contributed by atoms with Gasteiger partial charge in [0.05, 0.1) is 11.2 Å². The largest absolute Gasteiger partial charge is 0.387 e. The molecular weight excluding hydrogens is 338 g/mol. The smallest absolute Gasteiger partial charge is 0.252 e. The second-order valence-corrected chi connectivity index (χ2v) is 6.39. The minimum Gasteiger partial charge on any atom is -0.387 e. The van der Waals surface area contributed by atoms with E-state index in [1.54, 1.807) is 25.1 Å². The summed E-state index contributed by atoms with van der Waals surface area (Å²) in [5.41, 5.74) is -0.409. The maximum atomic E-state index is 11.9. The standard InChI is InChI=1S/C12H15BrClNO2S/c1-12(17,7-18-2)6-15-11(16)9-4-3-8(14)5-10(9)13/h3-5,17H,6-7H2,1-2H3,(H,15,16). The molecule has 1 atom stereocenters. The summed E-state index contributed by atoms with van der Waals surface area (Å²) in [4.78, 5) is 11.9. The number of hydrogen-bond donors (Lipinski definition) is 2. The Hall–Kier alpha value is -0.230. The zero-order valence-electron chi connectivity index (χ0n) is 10.2. The Morgan fingerprint density at radius 2 is 2.28 bits per heavy atom. The van der Waals surface area contributed by atoms with Gasteiger partial charge in [-0.1, -0.05) is 11.6 Å². The molecule has 2 N–H and O–H groups in total. The Morgan fingerprint density at radius 1 is 1.61 bits per heavy atom. The molecule has 0 aromatic heterocycles. The van der Waals surface area contributed by atoms with Crippen LogP contribution >= 0.6 is 39.3 Å². The predicted molar refractivity (Wildman–Crippen MR) is 80.5 cm³/mol. The van der Waals surface area contributed by atoms with Crippen LogP contribution in [0.3, 0.4) is 0 Å². The van der Waals surface area contributed by atoms with Crippen molar-refractivity contribution in [1.82, 2.24) is 5.32 Å². The lowest BCUT2D eigenvalue weighted by Gasteiger charge is -2.22. The first-order chi connectivity index (χ1) is 8.35. The molecule has 1 unspecified atom stereocenters. The number of amides is 1. The fourth-order valence-electron chi connectivity index (χ4n) is 1.40. The molecule has 0 spiro atoms. The van der Waals surface area contributed by atoms with Gasteiger partial charge in [-0.25, -0.2) is 0 Å². The molecule has 100 valence electrons. The molecule has 0 radical (unpaired) electrons. The highest BCUT2D eigenvalue weighted by atomic mass is 79.9. The van der Waals surface area contributed by atoms with E-state index in [1.165, 1.54) is 11.8 Å². The lowest BCUT2D eigenvalue weighted by atomic mass is 10.1. The molecule has 1 rings (SSSR count). The molecular formula is C12H15BrClNO2S. The molecule has 1 aromatic carbocycles. The van der Waals surface area contributed by atoms with Gasteiger partial charge in [-0.15, -0.1) is 0 Å². The van der Waals surface area contributed by atoms with Crippen LogP contribution in [0.5, 0.6) is 0 Å². The number of aliphatic hydroxyl groups is 1. The van der Waals surface area contributed by atoms with Crippen molar-refractivity contribution < 1.29 is 9.90 Å². The number of benzene rings is 1. The Kier molecular flexibility index (Phi) is 5.98. The summed E-state index contributed by atoms with van der Waals surface area (Å²) < 4.78 is 0.636. The summed E-state index contributed by atoms with van der Waals surface area (Å²) in [6, 6.07) is 4.96. The number of hydrogen-bond acceptors (Lipinski definition) is 3. The van der Waals surface area contributed by atoms with Gasteiger partial charge in [-0.2, -0.15) is 11.8 Å². The minimum absolute atomic E-state index is 0.210. The van der Waals surface area contributed by atoms with Gasteiger partial charge >= 0.3 is 0 Å². The average molecular weight is 353 g/mol. The molecule has 3 nitrogen and oxygen atoms in total. The van der Waals surface area contributed by atoms with Gasteiger partial charge < -0.3 is 10.4 Å². The molecule has 0 heterocycles. The number of carbonyl (C=O) groups excluding carboxylic acids is 1. The Bertz CT molecular complexity index is 440. The van der Waals surface area contributed by atoms with Gasteiger partial charge in [0.25, 0.3) is 5.91 Å². The molecule has 0 aliphatic heterocycles. The van der Waals surface area contributed by atoms with E-state index in [4.69, 9.17) is 11.6 Å². The molecule has 0 fully saturated rings. The molecule has 18 heavy (non-hydrogen) atoms. The minimum atomic E-state index is -0.909. The lowest BCUT2D eigenvalue weighted by molar-refractivity contribution is 0.0724. The highest BCUT2D eigenvalue weighted by Gasteiger charge is 2.21. The van der Waals surface area contributed by atoms with Crippen LogP contribution in [-0.2, 0) is 0 Å². The van der Waals surface area contributed by atoms with E-state index < -0.39 is 5.60 Å². The molecule has 1 amide bonds. The average Bonchev–Trinajstić information content (AvgIpc) is 2.26. The van der Waals surface area contributed by atoms with Crippen LogP contribution in [0.2, 0.25) is 5.02 Å². The molecule has 6 heteroatoms. The van der Waals surface area contributed by atoms with Crippen molar-refractivity contribution in [1.29, 1.82) is 0 Å². The molecule has 0 saturated heterocycles. The van der Waals surface area contributed by atoms with E-state index in [-0.39, 0.29) is 12.5 Å². The number of rotatable bonds is 5. The summed E-state index contributed by atoms with van der Waals surface area (Å²) >= 11 is 10.6. The van der Waals surface area contributed by atoms with E-state index >= 15 is 0 Å². The van der Waals surface area contributed by atoms with Crippen molar-refractivity contribution in [2.75, 3.05) is 18.6 Å². The maximum Gasteiger partial charge on any atom is 0.252 e. The number of nitrogens with one attached hydrogen (secondary N) is 1. The third-order valence-electron chi connectivity index (χ3n) is 2.26. The normalized spacial score (nSPS) is 14.1. The van der Waals surface area contributed by atoms with E-state index in [1.807, 2.05) is 6.26 Å². The van der Waals surface area contributed by atoms with Crippen LogP contribution in [0.1, 0.15) is 17.3 Å². The Labute approximate surface area is 124 Å². The van der Waals surface area contributed by atoms with E-state index in [0.717, 1.165) is 0 Å². The van der Waals surface area contributed by atoms with Crippen molar-refractivity contribution >= 4 is 45.2 Å². The molecule has 0 bridgehead atoms. The summed E-state index contributed by atoms with van der Waals surface area (Å²) in [5, 5.41) is 13.2. The predicted octanol–water partition coefficient (Wildman–Crippen LogP) is 2.95. The monoisotopic (exact) mass is 351 g/mol. The second kappa shape index (κ2) is 6.80. The van der Waals surface area contributed by atoms with Crippen LogP contribution < -0.4 is 5.32 Å². The topological polar surface area (TPSA) is 49.3 Å². The van der Waals surface area contributed by atoms with Gasteiger partial charge in [0.1, 0.15) is 0 Å². The van der Waals surface area contributed by atoms with E-state index in [0.29, 0.717) is 20.8 Å². The molecule has 0 saturated carbocycles. The van der Waals surface area contributed by atoms with Crippen LogP contribution in [0.15, 0.2) is 22.7 Å². The van der Waals surface area contributed by atoms with Crippen molar-refractivity contribution in [2.24, 2.45) is 0 Å². The molecule has 0 aliphatic carbocycles. The van der Waals surface area contributed by atoms with Crippen LogP contribution in [0.4, 0.5) is 0 Å². The van der Waals surface area contributed by atoms with Gasteiger partial charge in [-0.05, 0) is 47.3 Å². The second-order valence-electron chi connectivity index (χ2n) is 4.24. The van der Waals surface area contributed by atoms with Crippen LogP contribution in [0, 0.1) is 0 Å². The van der Waals surface area contributed by atoms with Crippen molar-refractivity contribution in [3.63, 3.8) is 0 Å². The van der Waals surface area contributed by atoms with Crippen molar-refractivity contribution in [2.45, 2.75) is 12.5 Å². The first-order valence-corrected chi connectivity index (χ1v) is 7.87. The number of carbonyl (C=O) groups is 1. The summed E-state index contributed by atoms with van der Waals surface area (Å²) in [6.45, 7) is 1.91. The molecule has 0 aliphatic rings. The zero-order valence-corrected chi connectivity index (χ0v) is 13.3. The van der Waals surface area contributed by atoms with Gasteiger partial charge in [0, 0.05) is 21.8 Å². The quantitative estimate of drug-likeness (QED) is 0.856. The fraction of sp³-hybridized carbons (Fsp3) is 0.417. The van der Waals surface area contributed by atoms with Gasteiger partial charge in [-0.3, -0.25) is 4.79 Å². The third-order valence-corrected chi connectivity index (χ3v) is 4.06. The zero-order chi connectivity index (χ0) is 13.8. The summed E-state index contributed by atoms with van der Waals surface area (Å²) in [5.74, 6) is 0.328. The number of halogens is 2. The number of thioether (sulfide) groups is 1. The van der Waals surface area contributed by atoms with Crippen molar-refractivity contribution in [3.8, 4) is 0 Å². The lowest BCUT2D eigenvalue weighted by Crippen LogP contribution is -2.42. The van der Waals surface area contributed by atoms with Crippen molar-refractivity contribution in [3.05, 3.63) is 33.3 Å². The first kappa shape index (κ1) is 15.8. The maximum absolute atomic E-state index is 11.9. The van der Waals surface area contributed by atoms with Crippen LogP contribution in [-0.4, -0.2) is 35.2 Å². The highest BCUT2D eigenvalue weighted by Crippen LogP contribution is 2.21. The van der Waals surface area contributed by atoms with Gasteiger partial charge in [0.15, 0.2) is 0 Å². The fourth-order valence-corrected chi connectivity index (χ4v) is 2.99. The Balaban J connectivity index is 2.66. The van der Waals surface area contributed by atoms with Crippen LogP contribution in [0.25, 0.3) is 0 Å². The summed E-state index contributed by atoms with van der Waals surface area (Å²) in [7, 11) is 0. The summed E-state index contributed by atoms with van der Waals surface area (Å²) in [6.07, 6.45) is 1.91. The SMILES string of the molecule is CSCC(C)(O)CNC(=O)c1ccc(Cl)cc1Br. The highest BCUT2D eigenvalue weighted by molar-refractivity contribution is 9.10. The van der Waals surface area contributed by atoms with E-state index in [2.05, 4.69) is 21.2 Å². The van der Waals surface area contributed by atoms with E-state index in [9.17, 15) is 9.90 Å². The first-order valence-electron chi connectivity index (χ1n) is 5.30.